The van der Waals surface area contributed by atoms with Crippen molar-refractivity contribution < 1.29 is 4.74 Å². The zero-order valence-corrected chi connectivity index (χ0v) is 10.5. The summed E-state index contributed by atoms with van der Waals surface area (Å²) < 4.78 is 5.31. The minimum absolute atomic E-state index is 0.424. The van der Waals surface area contributed by atoms with E-state index in [1.807, 2.05) is 13.0 Å². The fraction of sp³-hybridized carbons (Fsp3) is 0.667. The Kier molecular flexibility index (Phi) is 3.78. The highest BCUT2D eigenvalue weighted by Crippen LogP contribution is 2.27. The maximum absolute atomic E-state index is 5.80. The van der Waals surface area contributed by atoms with Gasteiger partial charge < -0.3 is 15.4 Å². The Hall–Kier alpha value is -1.36. The maximum Gasteiger partial charge on any atom is 0.158 e. The molecular weight excluding hydrogens is 216 g/mol. The zero-order valence-electron chi connectivity index (χ0n) is 10.5. The quantitative estimate of drug-likeness (QED) is 0.841. The molecule has 1 heterocycles. The molecule has 0 amide bonds. The first-order chi connectivity index (χ1) is 8.20. The molecule has 1 aromatic heterocycles. The summed E-state index contributed by atoms with van der Waals surface area (Å²) in [6.45, 7) is 3.03. The number of nitrogen functional groups attached to an aromatic ring is 1. The second kappa shape index (κ2) is 5.31. The van der Waals surface area contributed by atoms with Crippen LogP contribution in [0.4, 0.5) is 11.6 Å². The van der Waals surface area contributed by atoms with Crippen LogP contribution in [0.3, 0.4) is 0 Å². The van der Waals surface area contributed by atoms with E-state index < -0.39 is 0 Å². The summed E-state index contributed by atoms with van der Waals surface area (Å²) in [5.41, 5.74) is 5.80. The van der Waals surface area contributed by atoms with Gasteiger partial charge in [-0.15, -0.1) is 0 Å². The summed E-state index contributed by atoms with van der Waals surface area (Å²) in [5.74, 6) is 2.07. The van der Waals surface area contributed by atoms with Gasteiger partial charge in [0.2, 0.25) is 0 Å². The van der Waals surface area contributed by atoms with E-state index in [4.69, 9.17) is 10.5 Å². The fourth-order valence-corrected chi connectivity index (χ4v) is 1.90. The molecule has 0 bridgehead atoms. The van der Waals surface area contributed by atoms with Crippen LogP contribution in [0.15, 0.2) is 6.07 Å². The largest absolute Gasteiger partial charge is 0.384 e. The molecule has 0 aliphatic heterocycles. The average Bonchev–Trinajstić information content (AvgIpc) is 2.23. The van der Waals surface area contributed by atoms with Gasteiger partial charge in [0, 0.05) is 25.8 Å². The smallest absolute Gasteiger partial charge is 0.158 e. The molecule has 0 atom stereocenters. The van der Waals surface area contributed by atoms with Crippen molar-refractivity contribution in [1.29, 1.82) is 0 Å². The molecular formula is C12H20N4O. The molecule has 0 saturated heterocycles. The van der Waals surface area contributed by atoms with Crippen LogP contribution in [0.5, 0.6) is 0 Å². The van der Waals surface area contributed by atoms with Crippen LogP contribution in [0.25, 0.3) is 0 Å². The molecule has 0 unspecified atom stereocenters. The van der Waals surface area contributed by atoms with Crippen LogP contribution in [0.1, 0.15) is 32.0 Å². The number of hydrogen-bond acceptors (Lipinski definition) is 5. The van der Waals surface area contributed by atoms with Crippen molar-refractivity contribution in [3.05, 3.63) is 11.9 Å². The maximum atomic E-state index is 5.80. The van der Waals surface area contributed by atoms with E-state index in [0.717, 1.165) is 5.82 Å². The van der Waals surface area contributed by atoms with Crippen molar-refractivity contribution >= 4 is 11.6 Å². The van der Waals surface area contributed by atoms with E-state index in [1.54, 1.807) is 0 Å². The minimum Gasteiger partial charge on any atom is -0.384 e. The molecule has 5 nitrogen and oxygen atoms in total. The van der Waals surface area contributed by atoms with Crippen LogP contribution in [-0.2, 0) is 11.3 Å². The molecule has 0 spiro atoms. The molecule has 1 aliphatic rings. The van der Waals surface area contributed by atoms with Crippen LogP contribution in [0.2, 0.25) is 0 Å². The highest BCUT2D eigenvalue weighted by molar-refractivity contribution is 5.47. The molecule has 94 valence electrons. The average molecular weight is 236 g/mol. The Balaban J connectivity index is 2.12. The third-order valence-electron chi connectivity index (χ3n) is 3.20. The van der Waals surface area contributed by atoms with Gasteiger partial charge >= 0.3 is 0 Å². The summed E-state index contributed by atoms with van der Waals surface area (Å²) in [5, 5.41) is 0. The third-order valence-corrected chi connectivity index (χ3v) is 3.20. The van der Waals surface area contributed by atoms with Gasteiger partial charge in [-0.3, -0.25) is 0 Å². The Morgan fingerprint density at radius 1 is 1.47 bits per heavy atom. The molecule has 0 radical (unpaired) electrons. The lowest BCUT2D eigenvalue weighted by Crippen LogP contribution is -2.37. The first-order valence-corrected chi connectivity index (χ1v) is 6.14. The van der Waals surface area contributed by atoms with Gasteiger partial charge in [0.05, 0.1) is 0 Å². The van der Waals surface area contributed by atoms with Crippen LogP contribution in [0, 0.1) is 0 Å². The van der Waals surface area contributed by atoms with Gasteiger partial charge in [-0.1, -0.05) is 0 Å². The van der Waals surface area contributed by atoms with Gasteiger partial charge in [-0.2, -0.15) is 0 Å². The van der Waals surface area contributed by atoms with Gasteiger partial charge in [-0.05, 0) is 26.2 Å². The monoisotopic (exact) mass is 236 g/mol. The first kappa shape index (κ1) is 12.1. The third kappa shape index (κ3) is 2.85. The van der Waals surface area contributed by atoms with E-state index in [1.165, 1.54) is 19.3 Å². The summed E-state index contributed by atoms with van der Waals surface area (Å²) in [7, 11) is 2.07. The highest BCUT2D eigenvalue weighted by Gasteiger charge is 2.23. The molecule has 1 saturated carbocycles. The van der Waals surface area contributed by atoms with Gasteiger partial charge in [-0.25, -0.2) is 9.97 Å². The summed E-state index contributed by atoms with van der Waals surface area (Å²) in [6.07, 6.45) is 3.78. The topological polar surface area (TPSA) is 64.3 Å². The highest BCUT2D eigenvalue weighted by atomic mass is 16.5. The lowest BCUT2D eigenvalue weighted by atomic mass is 9.92. The number of nitrogens with two attached hydrogens (primary N) is 1. The molecule has 1 aromatic rings. The van der Waals surface area contributed by atoms with Crippen molar-refractivity contribution in [2.24, 2.45) is 0 Å². The van der Waals surface area contributed by atoms with Gasteiger partial charge in [0.1, 0.15) is 18.2 Å². The molecule has 0 aromatic carbocycles. The van der Waals surface area contributed by atoms with Gasteiger partial charge in [0.15, 0.2) is 5.82 Å². The van der Waals surface area contributed by atoms with Crippen LogP contribution < -0.4 is 10.6 Å². The predicted octanol–water partition coefficient (Wildman–Crippen LogP) is 1.58. The van der Waals surface area contributed by atoms with Crippen LogP contribution in [-0.4, -0.2) is 29.7 Å². The SMILES string of the molecule is CCOCc1nc(N)cc(N(C)C2CCC2)n1. The number of aromatic nitrogens is 2. The Labute approximate surface area is 102 Å². The zero-order chi connectivity index (χ0) is 12.3. The lowest BCUT2D eigenvalue weighted by molar-refractivity contribution is 0.128. The van der Waals surface area contributed by atoms with Crippen molar-refractivity contribution in [2.45, 2.75) is 38.8 Å². The molecule has 5 heteroatoms. The van der Waals surface area contributed by atoms with Crippen molar-refractivity contribution in [1.82, 2.24) is 9.97 Å². The first-order valence-electron chi connectivity index (χ1n) is 6.14. The Bertz CT molecular complexity index is 379. The number of rotatable bonds is 5. The van der Waals surface area contributed by atoms with E-state index in [0.29, 0.717) is 30.9 Å². The molecule has 17 heavy (non-hydrogen) atoms. The molecule has 2 rings (SSSR count). The second-order valence-electron chi connectivity index (χ2n) is 4.40. The number of ether oxygens (including phenoxy) is 1. The standard InChI is InChI=1S/C12H20N4O/c1-3-17-8-11-14-10(13)7-12(15-11)16(2)9-5-4-6-9/h7,9H,3-6,8H2,1-2H3,(H2,13,14,15). The van der Waals surface area contributed by atoms with Crippen LogP contribution >= 0.6 is 0 Å². The van der Waals surface area contributed by atoms with Crippen molar-refractivity contribution in [2.75, 3.05) is 24.3 Å². The molecule has 2 N–H and O–H groups in total. The summed E-state index contributed by atoms with van der Waals surface area (Å²) >= 11 is 0. The Morgan fingerprint density at radius 2 is 2.24 bits per heavy atom. The minimum atomic E-state index is 0.424. The second-order valence-corrected chi connectivity index (χ2v) is 4.40. The number of hydrogen-bond donors (Lipinski definition) is 1. The summed E-state index contributed by atoms with van der Waals surface area (Å²) in [6, 6.07) is 2.43. The van der Waals surface area contributed by atoms with Gasteiger partial charge in [0.25, 0.3) is 0 Å². The van der Waals surface area contributed by atoms with E-state index in [9.17, 15) is 0 Å². The van der Waals surface area contributed by atoms with E-state index >= 15 is 0 Å². The van der Waals surface area contributed by atoms with Crippen molar-refractivity contribution in [3.63, 3.8) is 0 Å². The van der Waals surface area contributed by atoms with Crippen molar-refractivity contribution in [3.8, 4) is 0 Å². The number of anilines is 2. The summed E-state index contributed by atoms with van der Waals surface area (Å²) in [4.78, 5) is 10.8. The van der Waals surface area contributed by atoms with E-state index in [2.05, 4.69) is 21.9 Å². The predicted molar refractivity (Wildman–Crippen MR) is 67.8 cm³/mol. The number of nitrogens with zero attached hydrogens (tertiary/aromatic N) is 3. The fourth-order valence-electron chi connectivity index (χ4n) is 1.90. The normalized spacial score (nSPS) is 15.6. The lowest BCUT2D eigenvalue weighted by Gasteiger charge is -2.35. The molecule has 1 aliphatic carbocycles. The Morgan fingerprint density at radius 3 is 2.82 bits per heavy atom. The molecule has 1 fully saturated rings. The van der Waals surface area contributed by atoms with E-state index in [-0.39, 0.29) is 0 Å².